The molecule has 2 N–H and O–H groups in total. The Balaban J connectivity index is 1.71. The molecular formula is C16H28N4. The van der Waals surface area contributed by atoms with Gasteiger partial charge in [0.2, 0.25) is 0 Å². The maximum Gasteiger partial charge on any atom is 0.0270 e. The van der Waals surface area contributed by atoms with Crippen LogP contribution < -0.4 is 5.73 Å². The highest BCUT2D eigenvalue weighted by atomic mass is 15.3. The van der Waals surface area contributed by atoms with E-state index in [2.05, 4.69) is 33.8 Å². The first kappa shape index (κ1) is 15.4. The third-order valence-corrected chi connectivity index (χ3v) is 4.28. The van der Waals surface area contributed by atoms with Gasteiger partial charge in [0.05, 0.1) is 0 Å². The van der Waals surface area contributed by atoms with Crippen molar-refractivity contribution in [1.29, 1.82) is 0 Å². The predicted octanol–water partition coefficient (Wildman–Crippen LogP) is 1.37. The fraction of sp³-hybridized carbons (Fsp3) is 0.688. The maximum atomic E-state index is 5.90. The molecule has 0 saturated carbocycles. The summed E-state index contributed by atoms with van der Waals surface area (Å²) in [6.45, 7) is 8.87. The van der Waals surface area contributed by atoms with E-state index in [0.717, 1.165) is 32.6 Å². The minimum atomic E-state index is 0.586. The van der Waals surface area contributed by atoms with Gasteiger partial charge < -0.3 is 10.6 Å². The van der Waals surface area contributed by atoms with Crippen LogP contribution in [0.3, 0.4) is 0 Å². The van der Waals surface area contributed by atoms with Crippen LogP contribution in [0.4, 0.5) is 0 Å². The lowest BCUT2D eigenvalue weighted by molar-refractivity contribution is 0.0953. The Hall–Kier alpha value is -0.970. The SMILES string of the molecule is CCCC(CN)N1CCN(CCc2ccncc2)CC1. The van der Waals surface area contributed by atoms with Crippen LogP contribution in [0, 0.1) is 0 Å². The van der Waals surface area contributed by atoms with Gasteiger partial charge in [0, 0.05) is 57.7 Å². The molecule has 1 fully saturated rings. The van der Waals surface area contributed by atoms with Crippen molar-refractivity contribution >= 4 is 0 Å². The highest BCUT2D eigenvalue weighted by molar-refractivity contribution is 5.09. The summed E-state index contributed by atoms with van der Waals surface area (Å²) < 4.78 is 0. The fourth-order valence-electron chi connectivity index (χ4n) is 2.97. The standard InChI is InChI=1S/C16H28N4/c1-2-3-16(14-17)20-12-10-19(11-13-20)9-6-15-4-7-18-8-5-15/h4-5,7-8,16H,2-3,6,9-14,17H2,1H3. The van der Waals surface area contributed by atoms with E-state index in [1.807, 2.05) is 12.4 Å². The number of hydrogen-bond acceptors (Lipinski definition) is 4. The zero-order valence-electron chi connectivity index (χ0n) is 12.7. The quantitative estimate of drug-likeness (QED) is 0.817. The molecule has 2 rings (SSSR count). The number of rotatable bonds is 7. The van der Waals surface area contributed by atoms with Crippen LogP contribution in [-0.2, 0) is 6.42 Å². The Bertz CT molecular complexity index is 360. The van der Waals surface area contributed by atoms with Gasteiger partial charge >= 0.3 is 0 Å². The van der Waals surface area contributed by atoms with Gasteiger partial charge in [0.15, 0.2) is 0 Å². The van der Waals surface area contributed by atoms with Crippen LogP contribution in [-0.4, -0.2) is 60.1 Å². The average Bonchev–Trinajstić information content (AvgIpc) is 2.52. The van der Waals surface area contributed by atoms with E-state index in [1.165, 1.54) is 31.5 Å². The summed E-state index contributed by atoms with van der Waals surface area (Å²) in [5.74, 6) is 0. The Morgan fingerprint density at radius 2 is 1.90 bits per heavy atom. The van der Waals surface area contributed by atoms with Gasteiger partial charge in [-0.1, -0.05) is 13.3 Å². The van der Waals surface area contributed by atoms with Crippen LogP contribution >= 0.6 is 0 Å². The minimum Gasteiger partial charge on any atom is -0.329 e. The molecule has 1 saturated heterocycles. The van der Waals surface area contributed by atoms with E-state index in [0.29, 0.717) is 6.04 Å². The highest BCUT2D eigenvalue weighted by Crippen LogP contribution is 2.11. The number of hydrogen-bond donors (Lipinski definition) is 1. The molecule has 20 heavy (non-hydrogen) atoms. The van der Waals surface area contributed by atoms with Gasteiger partial charge in [0.25, 0.3) is 0 Å². The molecule has 0 aliphatic carbocycles. The van der Waals surface area contributed by atoms with Crippen molar-refractivity contribution in [3.05, 3.63) is 30.1 Å². The molecule has 2 heterocycles. The normalized spacial score (nSPS) is 19.1. The van der Waals surface area contributed by atoms with E-state index in [-0.39, 0.29) is 0 Å². The monoisotopic (exact) mass is 276 g/mol. The summed E-state index contributed by atoms with van der Waals surface area (Å²) in [6, 6.07) is 4.81. The second-order valence-electron chi connectivity index (χ2n) is 5.66. The van der Waals surface area contributed by atoms with Gasteiger partial charge in [-0.15, -0.1) is 0 Å². The van der Waals surface area contributed by atoms with Gasteiger partial charge in [-0.05, 0) is 30.5 Å². The number of nitrogens with two attached hydrogens (primary N) is 1. The summed E-state index contributed by atoms with van der Waals surface area (Å²) in [5, 5.41) is 0. The molecular weight excluding hydrogens is 248 g/mol. The third-order valence-electron chi connectivity index (χ3n) is 4.28. The summed E-state index contributed by atoms with van der Waals surface area (Å²) in [5.41, 5.74) is 7.28. The van der Waals surface area contributed by atoms with E-state index >= 15 is 0 Å². The maximum absolute atomic E-state index is 5.90. The Labute approximate surface area is 123 Å². The molecule has 1 aromatic heterocycles. The second-order valence-corrected chi connectivity index (χ2v) is 5.66. The Morgan fingerprint density at radius 3 is 2.50 bits per heavy atom. The van der Waals surface area contributed by atoms with Gasteiger partial charge in [-0.3, -0.25) is 9.88 Å². The molecule has 1 aliphatic heterocycles. The Morgan fingerprint density at radius 1 is 1.20 bits per heavy atom. The largest absolute Gasteiger partial charge is 0.329 e. The average molecular weight is 276 g/mol. The highest BCUT2D eigenvalue weighted by Gasteiger charge is 2.21. The third kappa shape index (κ3) is 4.54. The molecule has 0 spiro atoms. The van der Waals surface area contributed by atoms with Crippen molar-refractivity contribution in [1.82, 2.24) is 14.8 Å². The molecule has 4 heteroatoms. The van der Waals surface area contributed by atoms with Crippen molar-refractivity contribution < 1.29 is 0 Å². The lowest BCUT2D eigenvalue weighted by Crippen LogP contribution is -2.52. The topological polar surface area (TPSA) is 45.4 Å². The predicted molar refractivity (Wildman–Crippen MR) is 83.7 cm³/mol. The molecule has 4 nitrogen and oxygen atoms in total. The van der Waals surface area contributed by atoms with Crippen LogP contribution in [0.15, 0.2) is 24.5 Å². The number of piperazine rings is 1. The smallest absolute Gasteiger partial charge is 0.0270 e. The van der Waals surface area contributed by atoms with E-state index in [9.17, 15) is 0 Å². The van der Waals surface area contributed by atoms with Gasteiger partial charge in [-0.2, -0.15) is 0 Å². The lowest BCUT2D eigenvalue weighted by Gasteiger charge is -2.39. The molecule has 1 unspecified atom stereocenters. The van der Waals surface area contributed by atoms with E-state index in [1.54, 1.807) is 0 Å². The fourth-order valence-corrected chi connectivity index (χ4v) is 2.97. The lowest BCUT2D eigenvalue weighted by atomic mass is 10.1. The second kappa shape index (κ2) is 8.35. The summed E-state index contributed by atoms with van der Waals surface area (Å²) in [4.78, 5) is 9.21. The number of aromatic nitrogens is 1. The molecule has 0 amide bonds. The molecule has 1 aliphatic rings. The number of pyridine rings is 1. The minimum absolute atomic E-state index is 0.586. The summed E-state index contributed by atoms with van der Waals surface area (Å²) >= 11 is 0. The van der Waals surface area contributed by atoms with Crippen molar-refractivity contribution in [3.8, 4) is 0 Å². The summed E-state index contributed by atoms with van der Waals surface area (Å²) in [7, 11) is 0. The molecule has 1 aromatic rings. The van der Waals surface area contributed by atoms with Crippen LogP contribution in [0.5, 0.6) is 0 Å². The van der Waals surface area contributed by atoms with Crippen molar-refractivity contribution in [2.24, 2.45) is 5.73 Å². The Kier molecular flexibility index (Phi) is 6.43. The van der Waals surface area contributed by atoms with Crippen LogP contribution in [0.1, 0.15) is 25.3 Å². The first-order valence-corrected chi connectivity index (χ1v) is 7.89. The van der Waals surface area contributed by atoms with E-state index in [4.69, 9.17) is 5.73 Å². The summed E-state index contributed by atoms with van der Waals surface area (Å²) in [6.07, 6.45) is 7.34. The first-order chi connectivity index (χ1) is 9.83. The molecule has 0 aromatic carbocycles. The molecule has 1 atom stereocenters. The molecule has 0 bridgehead atoms. The number of nitrogens with zero attached hydrogens (tertiary/aromatic N) is 3. The van der Waals surface area contributed by atoms with Crippen LogP contribution in [0.25, 0.3) is 0 Å². The van der Waals surface area contributed by atoms with Crippen molar-refractivity contribution in [3.63, 3.8) is 0 Å². The first-order valence-electron chi connectivity index (χ1n) is 7.89. The molecule has 0 radical (unpaired) electrons. The zero-order chi connectivity index (χ0) is 14.2. The van der Waals surface area contributed by atoms with Crippen molar-refractivity contribution in [2.45, 2.75) is 32.2 Å². The van der Waals surface area contributed by atoms with Gasteiger partial charge in [0.1, 0.15) is 0 Å². The molecule has 112 valence electrons. The van der Waals surface area contributed by atoms with Crippen molar-refractivity contribution in [2.75, 3.05) is 39.3 Å². The van der Waals surface area contributed by atoms with Crippen LogP contribution in [0.2, 0.25) is 0 Å². The zero-order valence-corrected chi connectivity index (χ0v) is 12.7. The van der Waals surface area contributed by atoms with Gasteiger partial charge in [-0.25, -0.2) is 0 Å². The van der Waals surface area contributed by atoms with E-state index < -0.39 is 0 Å².